The first-order valence-corrected chi connectivity index (χ1v) is 7.89. The van der Waals surface area contributed by atoms with Crippen LogP contribution < -0.4 is 5.32 Å². The molecule has 6 nitrogen and oxygen atoms in total. The van der Waals surface area contributed by atoms with E-state index >= 15 is 0 Å². The predicted octanol–water partition coefficient (Wildman–Crippen LogP) is 2.38. The van der Waals surface area contributed by atoms with E-state index in [1.807, 2.05) is 11.8 Å². The Morgan fingerprint density at radius 3 is 3.00 bits per heavy atom. The van der Waals surface area contributed by atoms with Crippen LogP contribution in [0.15, 0.2) is 0 Å². The minimum Gasteiger partial charge on any atom is -0.377 e. The number of amides is 2. The van der Waals surface area contributed by atoms with Crippen molar-refractivity contribution in [2.24, 2.45) is 5.92 Å². The SMILES string of the molecule is CCc1nnc(NC(=O)N2CCOCC2CC(C)C)s1. The summed E-state index contributed by atoms with van der Waals surface area (Å²) in [6.07, 6.45) is 1.78. The molecule has 7 heteroatoms. The summed E-state index contributed by atoms with van der Waals surface area (Å²) in [6, 6.07) is 0.0417. The Morgan fingerprint density at radius 2 is 2.35 bits per heavy atom. The number of ether oxygens (including phenoxy) is 1. The molecule has 2 heterocycles. The van der Waals surface area contributed by atoms with E-state index in [1.165, 1.54) is 11.3 Å². The second-order valence-corrected chi connectivity index (χ2v) is 6.40. The van der Waals surface area contributed by atoms with Gasteiger partial charge in [-0.25, -0.2) is 4.79 Å². The van der Waals surface area contributed by atoms with Gasteiger partial charge in [-0.2, -0.15) is 0 Å². The van der Waals surface area contributed by atoms with Crippen molar-refractivity contribution in [2.75, 3.05) is 25.1 Å². The number of hydrogen-bond acceptors (Lipinski definition) is 5. The third kappa shape index (κ3) is 3.89. The van der Waals surface area contributed by atoms with Gasteiger partial charge in [-0.15, -0.1) is 10.2 Å². The van der Waals surface area contributed by atoms with E-state index < -0.39 is 0 Å². The molecule has 0 bridgehead atoms. The zero-order valence-corrected chi connectivity index (χ0v) is 13.1. The molecule has 0 saturated carbocycles. The van der Waals surface area contributed by atoms with Crippen LogP contribution in [-0.2, 0) is 11.2 Å². The lowest BCUT2D eigenvalue weighted by Gasteiger charge is -2.36. The van der Waals surface area contributed by atoms with Gasteiger partial charge in [0.1, 0.15) is 5.01 Å². The van der Waals surface area contributed by atoms with Crippen molar-refractivity contribution in [2.45, 2.75) is 39.7 Å². The molecule has 1 atom stereocenters. The van der Waals surface area contributed by atoms with Gasteiger partial charge >= 0.3 is 6.03 Å². The average molecular weight is 298 g/mol. The number of rotatable bonds is 4. The lowest BCUT2D eigenvalue weighted by molar-refractivity contribution is 0.00857. The van der Waals surface area contributed by atoms with Crippen molar-refractivity contribution in [1.82, 2.24) is 15.1 Å². The van der Waals surface area contributed by atoms with Crippen LogP contribution in [0.5, 0.6) is 0 Å². The fraction of sp³-hybridized carbons (Fsp3) is 0.769. The monoisotopic (exact) mass is 298 g/mol. The molecule has 1 saturated heterocycles. The number of nitrogens with zero attached hydrogens (tertiary/aromatic N) is 3. The highest BCUT2D eigenvalue weighted by atomic mass is 32.1. The van der Waals surface area contributed by atoms with Gasteiger partial charge in [0, 0.05) is 6.54 Å². The Hall–Kier alpha value is -1.21. The van der Waals surface area contributed by atoms with E-state index in [4.69, 9.17) is 4.74 Å². The molecule has 0 spiro atoms. The summed E-state index contributed by atoms with van der Waals surface area (Å²) in [5.41, 5.74) is 0. The normalized spacial score (nSPS) is 19.4. The van der Waals surface area contributed by atoms with Crippen LogP contribution in [0.25, 0.3) is 0 Å². The predicted molar refractivity (Wildman–Crippen MR) is 79.1 cm³/mol. The Balaban J connectivity index is 1.98. The van der Waals surface area contributed by atoms with Crippen molar-refractivity contribution >= 4 is 22.5 Å². The van der Waals surface area contributed by atoms with E-state index in [0.717, 1.165) is 17.8 Å². The summed E-state index contributed by atoms with van der Waals surface area (Å²) in [4.78, 5) is 14.2. The van der Waals surface area contributed by atoms with Crippen LogP contribution in [-0.4, -0.2) is 46.9 Å². The van der Waals surface area contributed by atoms with Crippen molar-refractivity contribution < 1.29 is 9.53 Å². The second kappa shape index (κ2) is 6.99. The first-order chi connectivity index (χ1) is 9.60. The molecule has 1 aromatic rings. The number of morpholine rings is 1. The average Bonchev–Trinajstić information content (AvgIpc) is 2.86. The summed E-state index contributed by atoms with van der Waals surface area (Å²) in [5, 5.41) is 12.3. The Bertz CT molecular complexity index is 449. The first kappa shape index (κ1) is 15.2. The summed E-state index contributed by atoms with van der Waals surface area (Å²) < 4.78 is 5.49. The molecule has 1 fully saturated rings. The highest BCUT2D eigenvalue weighted by Gasteiger charge is 2.28. The van der Waals surface area contributed by atoms with Crippen molar-refractivity contribution in [3.8, 4) is 0 Å². The van der Waals surface area contributed by atoms with Gasteiger partial charge in [0.15, 0.2) is 0 Å². The molecule has 1 aliphatic heterocycles. The van der Waals surface area contributed by atoms with Crippen molar-refractivity contribution in [1.29, 1.82) is 0 Å². The van der Waals surface area contributed by atoms with Gasteiger partial charge in [0.2, 0.25) is 5.13 Å². The maximum atomic E-state index is 12.4. The molecule has 1 N–H and O–H groups in total. The van der Waals surface area contributed by atoms with Gasteiger partial charge in [0.05, 0.1) is 19.3 Å². The summed E-state index contributed by atoms with van der Waals surface area (Å²) in [7, 11) is 0. The van der Waals surface area contributed by atoms with E-state index in [0.29, 0.717) is 30.8 Å². The second-order valence-electron chi connectivity index (χ2n) is 5.34. The Labute approximate surface area is 123 Å². The quantitative estimate of drug-likeness (QED) is 0.926. The topological polar surface area (TPSA) is 67.4 Å². The van der Waals surface area contributed by atoms with Crippen molar-refractivity contribution in [3.63, 3.8) is 0 Å². The number of hydrogen-bond donors (Lipinski definition) is 1. The van der Waals surface area contributed by atoms with Crippen LogP contribution >= 0.6 is 11.3 Å². The third-order valence-corrected chi connectivity index (χ3v) is 4.20. The molecule has 1 unspecified atom stereocenters. The van der Waals surface area contributed by atoms with E-state index in [2.05, 4.69) is 29.4 Å². The summed E-state index contributed by atoms with van der Waals surface area (Å²) in [5.74, 6) is 0.533. The molecule has 1 aromatic heterocycles. The number of aromatic nitrogens is 2. The number of urea groups is 1. The minimum absolute atomic E-state index is 0.0993. The summed E-state index contributed by atoms with van der Waals surface area (Å²) >= 11 is 1.43. The van der Waals surface area contributed by atoms with Gasteiger partial charge in [-0.1, -0.05) is 32.1 Å². The minimum atomic E-state index is -0.0993. The molecule has 20 heavy (non-hydrogen) atoms. The number of carbonyl (C=O) groups excluding carboxylic acids is 1. The zero-order chi connectivity index (χ0) is 14.5. The van der Waals surface area contributed by atoms with Crippen LogP contribution in [0.4, 0.5) is 9.93 Å². The third-order valence-electron chi connectivity index (χ3n) is 3.22. The van der Waals surface area contributed by atoms with E-state index in [-0.39, 0.29) is 12.1 Å². The Morgan fingerprint density at radius 1 is 1.55 bits per heavy atom. The van der Waals surface area contributed by atoms with Crippen LogP contribution in [0, 0.1) is 5.92 Å². The molecule has 2 amide bonds. The maximum absolute atomic E-state index is 12.4. The highest BCUT2D eigenvalue weighted by molar-refractivity contribution is 7.15. The van der Waals surface area contributed by atoms with Crippen LogP contribution in [0.2, 0.25) is 0 Å². The van der Waals surface area contributed by atoms with Crippen LogP contribution in [0.3, 0.4) is 0 Å². The fourth-order valence-electron chi connectivity index (χ4n) is 2.27. The molecule has 2 rings (SSSR count). The number of anilines is 1. The van der Waals surface area contributed by atoms with Gasteiger partial charge < -0.3 is 9.64 Å². The molecule has 0 radical (unpaired) electrons. The molecular formula is C13H22N4O2S. The Kier molecular flexibility index (Phi) is 5.31. The number of nitrogens with one attached hydrogen (secondary N) is 1. The molecule has 0 aliphatic carbocycles. The molecule has 112 valence electrons. The lowest BCUT2D eigenvalue weighted by atomic mass is 10.0. The van der Waals surface area contributed by atoms with Crippen LogP contribution in [0.1, 0.15) is 32.2 Å². The first-order valence-electron chi connectivity index (χ1n) is 7.08. The maximum Gasteiger partial charge on any atom is 0.324 e. The fourth-order valence-corrected chi connectivity index (χ4v) is 2.94. The zero-order valence-electron chi connectivity index (χ0n) is 12.3. The lowest BCUT2D eigenvalue weighted by Crippen LogP contribution is -2.50. The molecule has 1 aliphatic rings. The van der Waals surface area contributed by atoms with E-state index in [9.17, 15) is 4.79 Å². The highest BCUT2D eigenvalue weighted by Crippen LogP contribution is 2.19. The van der Waals surface area contributed by atoms with Crippen molar-refractivity contribution in [3.05, 3.63) is 5.01 Å². The standard InChI is InChI=1S/C13H22N4O2S/c1-4-11-15-16-12(20-11)14-13(18)17-5-6-19-8-10(17)7-9(2)3/h9-10H,4-8H2,1-3H3,(H,14,16,18). The van der Waals surface area contributed by atoms with E-state index in [1.54, 1.807) is 0 Å². The smallest absolute Gasteiger partial charge is 0.324 e. The largest absolute Gasteiger partial charge is 0.377 e. The van der Waals surface area contributed by atoms with Gasteiger partial charge in [0.25, 0.3) is 0 Å². The number of carbonyl (C=O) groups is 1. The van der Waals surface area contributed by atoms with Gasteiger partial charge in [-0.3, -0.25) is 5.32 Å². The van der Waals surface area contributed by atoms with Gasteiger partial charge in [-0.05, 0) is 18.8 Å². The summed E-state index contributed by atoms with van der Waals surface area (Å²) in [6.45, 7) is 8.17. The number of aryl methyl sites for hydroxylation is 1. The molecule has 0 aromatic carbocycles. The molecular weight excluding hydrogens is 276 g/mol.